The van der Waals surface area contributed by atoms with Gasteiger partial charge >= 0.3 is 0 Å². The first-order valence-electron chi connectivity index (χ1n) is 10.3. The molecule has 1 heteroatoms. The minimum absolute atomic E-state index is 0.277. The summed E-state index contributed by atoms with van der Waals surface area (Å²) in [5, 5.41) is 0. The molecule has 1 fully saturated rings. The van der Waals surface area contributed by atoms with Gasteiger partial charge < -0.3 is 4.74 Å². The van der Waals surface area contributed by atoms with Crippen LogP contribution < -0.4 is 0 Å². The van der Waals surface area contributed by atoms with Crippen LogP contribution in [0.25, 0.3) is 0 Å². The lowest BCUT2D eigenvalue weighted by Gasteiger charge is -2.39. The van der Waals surface area contributed by atoms with Gasteiger partial charge in [-0.05, 0) is 42.6 Å². The van der Waals surface area contributed by atoms with Crippen LogP contribution >= 0.6 is 0 Å². The minimum Gasteiger partial charge on any atom is -0.370 e. The minimum atomic E-state index is 0.277. The second-order valence-electron chi connectivity index (χ2n) is 8.25. The highest BCUT2D eigenvalue weighted by molar-refractivity contribution is 5.17. The molecule has 0 saturated heterocycles. The average molecular weight is 331 g/mol. The van der Waals surface area contributed by atoms with Gasteiger partial charge in [-0.3, -0.25) is 0 Å². The van der Waals surface area contributed by atoms with Crippen LogP contribution in [0.2, 0.25) is 0 Å². The SMILES string of the molecule is CCCCCCC(O[C@@H]1C[C@H](C)CC[C@H]1C(C)C)c1ccccc1. The summed E-state index contributed by atoms with van der Waals surface area (Å²) < 4.78 is 6.80. The van der Waals surface area contributed by atoms with Crippen LogP contribution in [-0.2, 0) is 4.74 Å². The van der Waals surface area contributed by atoms with Gasteiger partial charge in [0.1, 0.15) is 0 Å². The Morgan fingerprint density at radius 1 is 1.04 bits per heavy atom. The third kappa shape index (κ3) is 5.92. The highest BCUT2D eigenvalue weighted by Gasteiger charge is 2.33. The average Bonchev–Trinajstić information content (AvgIpc) is 2.58. The molecule has 0 N–H and O–H groups in total. The Morgan fingerprint density at radius 2 is 1.79 bits per heavy atom. The Kier molecular flexibility index (Phi) is 8.32. The lowest BCUT2D eigenvalue weighted by atomic mass is 9.75. The van der Waals surface area contributed by atoms with E-state index in [4.69, 9.17) is 4.74 Å². The largest absolute Gasteiger partial charge is 0.370 e. The van der Waals surface area contributed by atoms with Crippen LogP contribution in [0, 0.1) is 17.8 Å². The molecule has 4 atom stereocenters. The summed E-state index contributed by atoms with van der Waals surface area (Å²) in [5.41, 5.74) is 1.37. The summed E-state index contributed by atoms with van der Waals surface area (Å²) in [6.07, 6.45) is 11.1. The van der Waals surface area contributed by atoms with Crippen LogP contribution in [-0.4, -0.2) is 6.10 Å². The van der Waals surface area contributed by atoms with E-state index in [1.54, 1.807) is 0 Å². The van der Waals surface area contributed by atoms with Gasteiger partial charge in [-0.2, -0.15) is 0 Å². The molecule has 1 aromatic carbocycles. The lowest BCUT2D eigenvalue weighted by molar-refractivity contribution is -0.0852. The molecule has 1 aliphatic rings. The van der Waals surface area contributed by atoms with Crippen molar-refractivity contribution in [3.05, 3.63) is 35.9 Å². The number of benzene rings is 1. The summed E-state index contributed by atoms with van der Waals surface area (Å²) in [5.74, 6) is 2.25. The summed E-state index contributed by atoms with van der Waals surface area (Å²) in [4.78, 5) is 0. The molecule has 0 heterocycles. The van der Waals surface area contributed by atoms with Crippen molar-refractivity contribution in [2.75, 3.05) is 0 Å². The van der Waals surface area contributed by atoms with Gasteiger partial charge in [-0.1, -0.05) is 90.1 Å². The first-order valence-corrected chi connectivity index (χ1v) is 10.3. The molecule has 2 rings (SSSR count). The molecule has 0 aromatic heterocycles. The van der Waals surface area contributed by atoms with E-state index < -0.39 is 0 Å². The predicted octanol–water partition coefficient (Wildman–Crippen LogP) is 7.18. The van der Waals surface area contributed by atoms with Crippen molar-refractivity contribution >= 4 is 0 Å². The van der Waals surface area contributed by atoms with Gasteiger partial charge in [-0.15, -0.1) is 0 Å². The number of hydrogen-bond donors (Lipinski definition) is 0. The van der Waals surface area contributed by atoms with E-state index in [0.717, 1.165) is 17.8 Å². The van der Waals surface area contributed by atoms with E-state index in [1.807, 2.05) is 0 Å². The van der Waals surface area contributed by atoms with E-state index in [1.165, 1.54) is 56.9 Å². The monoisotopic (exact) mass is 330 g/mol. The normalized spacial score (nSPS) is 25.8. The fourth-order valence-electron chi connectivity index (χ4n) is 4.22. The number of ether oxygens (including phenoxy) is 1. The molecule has 1 nitrogen and oxygen atoms in total. The molecule has 24 heavy (non-hydrogen) atoms. The van der Waals surface area contributed by atoms with E-state index in [-0.39, 0.29) is 6.10 Å². The molecule has 1 aliphatic carbocycles. The van der Waals surface area contributed by atoms with Crippen molar-refractivity contribution in [1.82, 2.24) is 0 Å². The highest BCUT2D eigenvalue weighted by atomic mass is 16.5. The molecule has 1 unspecified atom stereocenters. The van der Waals surface area contributed by atoms with Crippen LogP contribution in [0.1, 0.15) is 90.7 Å². The Labute approximate surface area is 150 Å². The van der Waals surface area contributed by atoms with Gasteiger partial charge in [0.15, 0.2) is 0 Å². The summed E-state index contributed by atoms with van der Waals surface area (Å²) in [6, 6.07) is 10.9. The molecular weight excluding hydrogens is 292 g/mol. The van der Waals surface area contributed by atoms with E-state index in [2.05, 4.69) is 58.0 Å². The summed E-state index contributed by atoms with van der Waals surface area (Å²) in [6.45, 7) is 9.42. The Balaban J connectivity index is 2.04. The predicted molar refractivity (Wildman–Crippen MR) is 104 cm³/mol. The van der Waals surface area contributed by atoms with Crippen LogP contribution in [0.3, 0.4) is 0 Å². The Hall–Kier alpha value is -0.820. The van der Waals surface area contributed by atoms with Gasteiger partial charge in [0.25, 0.3) is 0 Å². The third-order valence-corrected chi connectivity index (χ3v) is 5.79. The molecule has 136 valence electrons. The van der Waals surface area contributed by atoms with Gasteiger partial charge in [0.2, 0.25) is 0 Å². The highest BCUT2D eigenvalue weighted by Crippen LogP contribution is 2.38. The fraction of sp³-hybridized carbons (Fsp3) is 0.739. The Morgan fingerprint density at radius 3 is 2.46 bits per heavy atom. The van der Waals surface area contributed by atoms with Crippen LogP contribution in [0.5, 0.6) is 0 Å². The number of rotatable bonds is 9. The fourth-order valence-corrected chi connectivity index (χ4v) is 4.22. The number of hydrogen-bond acceptors (Lipinski definition) is 1. The van der Waals surface area contributed by atoms with Crippen molar-refractivity contribution in [3.8, 4) is 0 Å². The van der Waals surface area contributed by atoms with Crippen LogP contribution in [0.4, 0.5) is 0 Å². The molecule has 0 aliphatic heterocycles. The maximum atomic E-state index is 6.80. The van der Waals surface area contributed by atoms with Crippen molar-refractivity contribution < 1.29 is 4.74 Å². The molecule has 1 saturated carbocycles. The first-order chi connectivity index (χ1) is 11.6. The summed E-state index contributed by atoms with van der Waals surface area (Å²) in [7, 11) is 0. The number of unbranched alkanes of at least 4 members (excludes halogenated alkanes) is 3. The zero-order chi connectivity index (χ0) is 17.4. The molecule has 0 spiro atoms. The van der Waals surface area contributed by atoms with Crippen molar-refractivity contribution in [1.29, 1.82) is 0 Å². The third-order valence-electron chi connectivity index (χ3n) is 5.79. The quantitative estimate of drug-likeness (QED) is 0.436. The second-order valence-corrected chi connectivity index (χ2v) is 8.25. The molecule has 0 amide bonds. The zero-order valence-corrected chi connectivity index (χ0v) is 16.3. The van der Waals surface area contributed by atoms with Crippen molar-refractivity contribution in [2.24, 2.45) is 17.8 Å². The first kappa shape index (κ1) is 19.5. The lowest BCUT2D eigenvalue weighted by Crippen LogP contribution is -2.35. The maximum Gasteiger partial charge on any atom is 0.0828 e. The topological polar surface area (TPSA) is 9.23 Å². The van der Waals surface area contributed by atoms with Gasteiger partial charge in [0.05, 0.1) is 12.2 Å². The smallest absolute Gasteiger partial charge is 0.0828 e. The van der Waals surface area contributed by atoms with Crippen molar-refractivity contribution in [2.45, 2.75) is 91.3 Å². The molecule has 1 aromatic rings. The maximum absolute atomic E-state index is 6.80. The van der Waals surface area contributed by atoms with E-state index in [9.17, 15) is 0 Å². The van der Waals surface area contributed by atoms with E-state index in [0.29, 0.717) is 6.10 Å². The molecular formula is C23H38O. The molecule has 0 bridgehead atoms. The Bertz CT molecular complexity index is 439. The second kappa shape index (κ2) is 10.2. The summed E-state index contributed by atoms with van der Waals surface area (Å²) >= 11 is 0. The standard InChI is InChI=1S/C23H38O/c1-5-6-7-11-14-22(20-12-9-8-10-13-20)24-23-17-19(4)15-16-21(23)18(2)3/h8-10,12-13,18-19,21-23H,5-7,11,14-17H2,1-4H3/t19-,21+,22?,23-/m1/s1. The van der Waals surface area contributed by atoms with E-state index >= 15 is 0 Å². The molecule has 0 radical (unpaired) electrons. The van der Waals surface area contributed by atoms with Crippen LogP contribution in [0.15, 0.2) is 30.3 Å². The van der Waals surface area contributed by atoms with Gasteiger partial charge in [-0.25, -0.2) is 0 Å². The van der Waals surface area contributed by atoms with Gasteiger partial charge in [0, 0.05) is 0 Å². The van der Waals surface area contributed by atoms with Crippen molar-refractivity contribution in [3.63, 3.8) is 0 Å². The zero-order valence-electron chi connectivity index (χ0n) is 16.3.